The van der Waals surface area contributed by atoms with Crippen molar-refractivity contribution in [1.82, 2.24) is 16.0 Å². The molecule has 5 nitrogen and oxygen atoms in total. The molecular formula is C9H19N3O2. The summed E-state index contributed by atoms with van der Waals surface area (Å²) < 4.78 is 5.38. The zero-order valence-electron chi connectivity index (χ0n) is 8.80. The number of carbonyl (C=O) groups is 1. The Morgan fingerprint density at radius 1 is 1.57 bits per heavy atom. The van der Waals surface area contributed by atoms with Gasteiger partial charge in [0.25, 0.3) is 0 Å². The van der Waals surface area contributed by atoms with E-state index in [1.807, 2.05) is 14.0 Å². The summed E-state index contributed by atoms with van der Waals surface area (Å²) in [6, 6.07) is -0.208. The molecule has 1 fully saturated rings. The molecule has 1 heterocycles. The number of amides is 1. The molecule has 0 spiro atoms. The fraction of sp³-hybridized carbons (Fsp3) is 0.889. The minimum atomic E-state index is -0.208. The van der Waals surface area contributed by atoms with Crippen molar-refractivity contribution in [3.05, 3.63) is 0 Å². The molecule has 5 heteroatoms. The average molecular weight is 201 g/mol. The van der Waals surface area contributed by atoms with E-state index < -0.39 is 0 Å². The molecular weight excluding hydrogens is 182 g/mol. The molecule has 0 aromatic heterocycles. The van der Waals surface area contributed by atoms with Crippen molar-refractivity contribution in [1.29, 1.82) is 0 Å². The second kappa shape index (κ2) is 5.95. The van der Waals surface area contributed by atoms with Gasteiger partial charge in [0, 0.05) is 19.6 Å². The van der Waals surface area contributed by atoms with E-state index in [4.69, 9.17) is 4.74 Å². The van der Waals surface area contributed by atoms with E-state index in [9.17, 15) is 4.79 Å². The molecule has 1 aliphatic heterocycles. The molecule has 0 unspecified atom stereocenters. The molecule has 1 saturated heterocycles. The maximum Gasteiger partial charge on any atom is 0.239 e. The van der Waals surface area contributed by atoms with Crippen molar-refractivity contribution < 1.29 is 9.53 Å². The van der Waals surface area contributed by atoms with Crippen molar-refractivity contribution in [2.75, 3.05) is 33.3 Å². The Balaban J connectivity index is 2.27. The van der Waals surface area contributed by atoms with Gasteiger partial charge >= 0.3 is 0 Å². The largest absolute Gasteiger partial charge is 0.375 e. The maximum absolute atomic E-state index is 11.6. The Morgan fingerprint density at radius 3 is 3.00 bits per heavy atom. The van der Waals surface area contributed by atoms with Gasteiger partial charge in [-0.1, -0.05) is 0 Å². The maximum atomic E-state index is 11.6. The second-order valence-electron chi connectivity index (χ2n) is 3.40. The Kier molecular flexibility index (Phi) is 4.86. The SMILES string of the molecule is CNCCNC(=O)[C@H]1NCCO[C@@H]1C. The predicted molar refractivity (Wildman–Crippen MR) is 54.1 cm³/mol. The summed E-state index contributed by atoms with van der Waals surface area (Å²) in [6.45, 7) is 4.78. The van der Waals surface area contributed by atoms with E-state index in [2.05, 4.69) is 16.0 Å². The number of carbonyl (C=O) groups excluding carboxylic acids is 1. The molecule has 14 heavy (non-hydrogen) atoms. The van der Waals surface area contributed by atoms with Crippen LogP contribution in [0.25, 0.3) is 0 Å². The average Bonchev–Trinajstić information content (AvgIpc) is 2.18. The van der Waals surface area contributed by atoms with Gasteiger partial charge in [-0.25, -0.2) is 0 Å². The highest BCUT2D eigenvalue weighted by Gasteiger charge is 2.27. The Morgan fingerprint density at radius 2 is 2.36 bits per heavy atom. The first-order valence-electron chi connectivity index (χ1n) is 5.03. The number of morpholine rings is 1. The highest BCUT2D eigenvalue weighted by atomic mass is 16.5. The van der Waals surface area contributed by atoms with E-state index in [-0.39, 0.29) is 18.1 Å². The van der Waals surface area contributed by atoms with Crippen LogP contribution in [-0.4, -0.2) is 51.3 Å². The fourth-order valence-electron chi connectivity index (χ4n) is 1.45. The topological polar surface area (TPSA) is 62.4 Å². The second-order valence-corrected chi connectivity index (χ2v) is 3.40. The zero-order chi connectivity index (χ0) is 10.4. The molecule has 0 bridgehead atoms. The summed E-state index contributed by atoms with van der Waals surface area (Å²) in [7, 11) is 1.86. The highest BCUT2D eigenvalue weighted by Crippen LogP contribution is 2.03. The van der Waals surface area contributed by atoms with Crippen LogP contribution in [0.3, 0.4) is 0 Å². The molecule has 1 aliphatic rings. The zero-order valence-corrected chi connectivity index (χ0v) is 8.80. The summed E-state index contributed by atoms with van der Waals surface area (Å²) in [5.41, 5.74) is 0. The smallest absolute Gasteiger partial charge is 0.239 e. The molecule has 0 radical (unpaired) electrons. The summed E-state index contributed by atoms with van der Waals surface area (Å²) in [4.78, 5) is 11.6. The minimum Gasteiger partial charge on any atom is -0.375 e. The van der Waals surface area contributed by atoms with Gasteiger partial charge in [-0.3, -0.25) is 4.79 Å². The van der Waals surface area contributed by atoms with E-state index in [1.54, 1.807) is 0 Å². The van der Waals surface area contributed by atoms with Gasteiger partial charge in [0.05, 0.1) is 12.7 Å². The first-order valence-corrected chi connectivity index (χ1v) is 5.03. The van der Waals surface area contributed by atoms with Crippen molar-refractivity contribution in [3.8, 4) is 0 Å². The highest BCUT2D eigenvalue weighted by molar-refractivity contribution is 5.82. The van der Waals surface area contributed by atoms with Crippen LogP contribution < -0.4 is 16.0 Å². The molecule has 0 aliphatic carbocycles. The fourth-order valence-corrected chi connectivity index (χ4v) is 1.45. The van der Waals surface area contributed by atoms with Crippen LogP contribution >= 0.6 is 0 Å². The van der Waals surface area contributed by atoms with Crippen LogP contribution in [-0.2, 0) is 9.53 Å². The summed E-state index contributed by atoms with van der Waals surface area (Å²) in [5.74, 6) is 0.0208. The van der Waals surface area contributed by atoms with Crippen molar-refractivity contribution in [2.24, 2.45) is 0 Å². The van der Waals surface area contributed by atoms with Crippen LogP contribution in [0.2, 0.25) is 0 Å². The van der Waals surface area contributed by atoms with Crippen LogP contribution in [0.5, 0.6) is 0 Å². The van der Waals surface area contributed by atoms with Gasteiger partial charge in [-0.15, -0.1) is 0 Å². The number of nitrogens with one attached hydrogen (secondary N) is 3. The Bertz CT molecular complexity index is 187. The van der Waals surface area contributed by atoms with E-state index in [0.29, 0.717) is 13.2 Å². The van der Waals surface area contributed by atoms with Crippen molar-refractivity contribution >= 4 is 5.91 Å². The third-order valence-corrected chi connectivity index (χ3v) is 2.27. The summed E-state index contributed by atoms with van der Waals surface area (Å²) >= 11 is 0. The Hall–Kier alpha value is -0.650. The quantitative estimate of drug-likeness (QED) is 0.495. The third-order valence-electron chi connectivity index (χ3n) is 2.27. The molecule has 1 amide bonds. The van der Waals surface area contributed by atoms with Gasteiger partial charge in [-0.2, -0.15) is 0 Å². The van der Waals surface area contributed by atoms with Crippen molar-refractivity contribution in [3.63, 3.8) is 0 Å². The lowest BCUT2D eigenvalue weighted by Crippen LogP contribution is -2.56. The van der Waals surface area contributed by atoms with Crippen LogP contribution in [0.4, 0.5) is 0 Å². The Labute approximate surface area is 84.6 Å². The van der Waals surface area contributed by atoms with Gasteiger partial charge in [0.1, 0.15) is 6.04 Å². The standard InChI is InChI=1S/C9H19N3O2/c1-7-8(11-5-6-14-7)9(13)12-4-3-10-2/h7-8,10-11H,3-6H2,1-2H3,(H,12,13)/t7-,8+/m1/s1. The number of likely N-dealkylation sites (N-methyl/N-ethyl adjacent to an activating group) is 1. The lowest BCUT2D eigenvalue weighted by molar-refractivity contribution is -0.128. The lowest BCUT2D eigenvalue weighted by Gasteiger charge is -2.29. The molecule has 82 valence electrons. The van der Waals surface area contributed by atoms with Gasteiger partial charge in [0.15, 0.2) is 0 Å². The normalized spacial score (nSPS) is 27.3. The molecule has 0 saturated carbocycles. The minimum absolute atomic E-state index is 0.0208. The molecule has 1 rings (SSSR count). The monoisotopic (exact) mass is 201 g/mol. The summed E-state index contributed by atoms with van der Waals surface area (Å²) in [6.07, 6.45) is -0.0432. The predicted octanol–water partition coefficient (Wildman–Crippen LogP) is -1.30. The third kappa shape index (κ3) is 3.25. The number of ether oxygens (including phenoxy) is 1. The van der Waals surface area contributed by atoms with Crippen molar-refractivity contribution in [2.45, 2.75) is 19.1 Å². The molecule has 3 N–H and O–H groups in total. The molecule has 0 aromatic rings. The first kappa shape index (κ1) is 11.4. The van der Waals surface area contributed by atoms with E-state index in [0.717, 1.165) is 13.1 Å². The van der Waals surface area contributed by atoms with Crippen LogP contribution in [0.1, 0.15) is 6.92 Å². The number of rotatable bonds is 4. The number of hydrogen-bond donors (Lipinski definition) is 3. The lowest BCUT2D eigenvalue weighted by atomic mass is 10.1. The van der Waals surface area contributed by atoms with E-state index in [1.165, 1.54) is 0 Å². The van der Waals surface area contributed by atoms with Crippen LogP contribution in [0.15, 0.2) is 0 Å². The number of hydrogen-bond acceptors (Lipinski definition) is 4. The van der Waals surface area contributed by atoms with Crippen LogP contribution in [0, 0.1) is 0 Å². The molecule has 0 aromatic carbocycles. The summed E-state index contributed by atoms with van der Waals surface area (Å²) in [5, 5.41) is 8.95. The van der Waals surface area contributed by atoms with Gasteiger partial charge < -0.3 is 20.7 Å². The van der Waals surface area contributed by atoms with Gasteiger partial charge in [0.2, 0.25) is 5.91 Å². The molecule has 2 atom stereocenters. The first-order chi connectivity index (χ1) is 6.75. The van der Waals surface area contributed by atoms with E-state index >= 15 is 0 Å². The van der Waals surface area contributed by atoms with Gasteiger partial charge in [-0.05, 0) is 14.0 Å².